The van der Waals surface area contributed by atoms with E-state index in [9.17, 15) is 4.79 Å². The van der Waals surface area contributed by atoms with E-state index in [1.54, 1.807) is 4.90 Å². The molecule has 0 heterocycles. The number of aryl methyl sites for hydroxylation is 2. The minimum absolute atomic E-state index is 0.184. The van der Waals surface area contributed by atoms with Gasteiger partial charge in [0.1, 0.15) is 0 Å². The van der Waals surface area contributed by atoms with Crippen LogP contribution in [0.1, 0.15) is 23.1 Å². The predicted molar refractivity (Wildman–Crippen MR) is 92.0 cm³/mol. The van der Waals surface area contributed by atoms with Crippen LogP contribution in [0, 0.1) is 25.2 Å². The van der Waals surface area contributed by atoms with Gasteiger partial charge in [-0.1, -0.05) is 48.0 Å². The normalized spacial score (nSPS) is 9.96. The summed E-state index contributed by atoms with van der Waals surface area (Å²) in [5.74, 6) is 0. The highest BCUT2D eigenvalue weighted by Crippen LogP contribution is 2.17. The first-order valence-electron chi connectivity index (χ1n) is 7.64. The number of anilines is 1. The van der Waals surface area contributed by atoms with E-state index in [1.807, 2.05) is 62.4 Å². The summed E-state index contributed by atoms with van der Waals surface area (Å²) in [6, 6.07) is 17.6. The van der Waals surface area contributed by atoms with Crippen molar-refractivity contribution in [2.75, 3.05) is 11.9 Å². The van der Waals surface area contributed by atoms with Crippen LogP contribution < -0.4 is 5.32 Å². The SMILES string of the molecule is Cc1ccc(NC(=O)N(CCC#N)Cc2ccccc2)c(C)c1. The Morgan fingerprint density at radius 1 is 1.17 bits per heavy atom. The highest BCUT2D eigenvalue weighted by atomic mass is 16.2. The highest BCUT2D eigenvalue weighted by molar-refractivity contribution is 5.90. The molecule has 0 unspecified atom stereocenters. The Balaban J connectivity index is 2.11. The maximum absolute atomic E-state index is 12.6. The first-order chi connectivity index (χ1) is 11.1. The molecule has 0 radical (unpaired) electrons. The van der Waals surface area contributed by atoms with Crippen LogP contribution in [-0.2, 0) is 6.54 Å². The van der Waals surface area contributed by atoms with Crippen molar-refractivity contribution in [3.8, 4) is 6.07 Å². The van der Waals surface area contributed by atoms with E-state index in [-0.39, 0.29) is 6.03 Å². The summed E-state index contributed by atoms with van der Waals surface area (Å²) in [5.41, 5.74) is 4.03. The Hall–Kier alpha value is -2.80. The number of nitrogens with zero attached hydrogens (tertiary/aromatic N) is 2. The average molecular weight is 307 g/mol. The molecule has 1 N–H and O–H groups in total. The fourth-order valence-corrected chi connectivity index (χ4v) is 2.39. The van der Waals surface area contributed by atoms with Gasteiger partial charge >= 0.3 is 6.03 Å². The number of urea groups is 1. The van der Waals surface area contributed by atoms with Crippen LogP contribution in [0.3, 0.4) is 0 Å². The lowest BCUT2D eigenvalue weighted by molar-refractivity contribution is 0.210. The summed E-state index contributed by atoms with van der Waals surface area (Å²) in [4.78, 5) is 14.2. The molecule has 2 rings (SSSR count). The number of carbonyl (C=O) groups is 1. The number of amides is 2. The van der Waals surface area contributed by atoms with E-state index in [4.69, 9.17) is 5.26 Å². The van der Waals surface area contributed by atoms with Crippen molar-refractivity contribution in [2.45, 2.75) is 26.8 Å². The Morgan fingerprint density at radius 3 is 2.57 bits per heavy atom. The highest BCUT2D eigenvalue weighted by Gasteiger charge is 2.14. The zero-order chi connectivity index (χ0) is 16.7. The van der Waals surface area contributed by atoms with Gasteiger partial charge in [0.2, 0.25) is 0 Å². The zero-order valence-corrected chi connectivity index (χ0v) is 13.5. The van der Waals surface area contributed by atoms with Crippen molar-refractivity contribution in [3.05, 3.63) is 65.2 Å². The quantitative estimate of drug-likeness (QED) is 0.897. The molecule has 23 heavy (non-hydrogen) atoms. The topological polar surface area (TPSA) is 56.1 Å². The lowest BCUT2D eigenvalue weighted by atomic mass is 10.1. The van der Waals surface area contributed by atoms with Crippen LogP contribution in [0.4, 0.5) is 10.5 Å². The first-order valence-corrected chi connectivity index (χ1v) is 7.64. The van der Waals surface area contributed by atoms with Crippen molar-refractivity contribution in [2.24, 2.45) is 0 Å². The van der Waals surface area contributed by atoms with Crippen molar-refractivity contribution in [1.29, 1.82) is 5.26 Å². The second kappa shape index (κ2) is 8.00. The molecule has 0 atom stereocenters. The third kappa shape index (κ3) is 4.86. The third-order valence-electron chi connectivity index (χ3n) is 3.62. The maximum Gasteiger partial charge on any atom is 0.322 e. The van der Waals surface area contributed by atoms with Gasteiger partial charge in [-0.15, -0.1) is 0 Å². The molecule has 0 aliphatic rings. The number of benzene rings is 2. The second-order valence-corrected chi connectivity index (χ2v) is 5.56. The molecule has 0 fully saturated rings. The van der Waals surface area contributed by atoms with Crippen molar-refractivity contribution >= 4 is 11.7 Å². The van der Waals surface area contributed by atoms with E-state index in [1.165, 1.54) is 0 Å². The van der Waals surface area contributed by atoms with Gasteiger partial charge in [0.05, 0.1) is 12.5 Å². The molecule has 0 aliphatic heterocycles. The number of hydrogen-bond acceptors (Lipinski definition) is 2. The van der Waals surface area contributed by atoms with Crippen LogP contribution in [0.5, 0.6) is 0 Å². The van der Waals surface area contributed by atoms with E-state index in [0.29, 0.717) is 19.5 Å². The Kier molecular flexibility index (Phi) is 5.76. The lowest BCUT2D eigenvalue weighted by Crippen LogP contribution is -2.35. The summed E-state index contributed by atoms with van der Waals surface area (Å²) < 4.78 is 0. The molecule has 0 aromatic heterocycles. The van der Waals surface area contributed by atoms with E-state index in [0.717, 1.165) is 22.4 Å². The van der Waals surface area contributed by atoms with Gasteiger partial charge < -0.3 is 10.2 Å². The van der Waals surface area contributed by atoms with Gasteiger partial charge in [-0.25, -0.2) is 4.79 Å². The molecular weight excluding hydrogens is 286 g/mol. The monoisotopic (exact) mass is 307 g/mol. The molecule has 0 saturated carbocycles. The molecule has 4 nitrogen and oxygen atoms in total. The average Bonchev–Trinajstić information content (AvgIpc) is 2.55. The van der Waals surface area contributed by atoms with Gasteiger partial charge in [-0.2, -0.15) is 5.26 Å². The fraction of sp³-hybridized carbons (Fsp3) is 0.263. The van der Waals surface area contributed by atoms with E-state index in [2.05, 4.69) is 11.4 Å². The van der Waals surface area contributed by atoms with Crippen LogP contribution in [0.25, 0.3) is 0 Å². The molecule has 0 aliphatic carbocycles. The summed E-state index contributed by atoms with van der Waals surface area (Å²) in [6.45, 7) is 4.88. The first kappa shape index (κ1) is 16.6. The zero-order valence-electron chi connectivity index (χ0n) is 13.5. The van der Waals surface area contributed by atoms with Crippen molar-refractivity contribution in [1.82, 2.24) is 4.90 Å². The Bertz CT molecular complexity index is 704. The molecule has 0 saturated heterocycles. The minimum Gasteiger partial charge on any atom is -0.319 e. The van der Waals surface area contributed by atoms with Crippen molar-refractivity contribution in [3.63, 3.8) is 0 Å². The van der Waals surface area contributed by atoms with Gasteiger partial charge in [0.25, 0.3) is 0 Å². The van der Waals surface area contributed by atoms with Gasteiger partial charge in [-0.3, -0.25) is 0 Å². The molecule has 118 valence electrons. The third-order valence-corrected chi connectivity index (χ3v) is 3.62. The molecule has 2 aromatic carbocycles. The number of nitrogens with one attached hydrogen (secondary N) is 1. The van der Waals surface area contributed by atoms with Crippen LogP contribution in [0.15, 0.2) is 48.5 Å². The summed E-state index contributed by atoms with van der Waals surface area (Å²) in [5, 5.41) is 11.8. The number of rotatable bonds is 5. The molecule has 2 amide bonds. The predicted octanol–water partition coefficient (Wildman–Crippen LogP) is 4.25. The standard InChI is InChI=1S/C19H21N3O/c1-15-9-10-18(16(2)13-15)21-19(23)22(12-6-11-20)14-17-7-4-3-5-8-17/h3-5,7-10,13H,6,12,14H2,1-2H3,(H,21,23). The second-order valence-electron chi connectivity index (χ2n) is 5.56. The van der Waals surface area contributed by atoms with Crippen LogP contribution >= 0.6 is 0 Å². The lowest BCUT2D eigenvalue weighted by Gasteiger charge is -2.23. The smallest absolute Gasteiger partial charge is 0.319 e. The summed E-state index contributed by atoms with van der Waals surface area (Å²) in [6.07, 6.45) is 0.313. The fourth-order valence-electron chi connectivity index (χ4n) is 2.39. The van der Waals surface area contributed by atoms with Crippen molar-refractivity contribution < 1.29 is 4.79 Å². The Labute approximate surface area is 137 Å². The maximum atomic E-state index is 12.6. The molecule has 4 heteroatoms. The van der Waals surface area contributed by atoms with E-state index >= 15 is 0 Å². The van der Waals surface area contributed by atoms with Gasteiger partial charge in [-0.05, 0) is 31.0 Å². The van der Waals surface area contributed by atoms with Gasteiger partial charge in [0.15, 0.2) is 0 Å². The Morgan fingerprint density at radius 2 is 1.91 bits per heavy atom. The largest absolute Gasteiger partial charge is 0.322 e. The van der Waals surface area contributed by atoms with Gasteiger partial charge in [0, 0.05) is 18.8 Å². The van der Waals surface area contributed by atoms with Crippen LogP contribution in [-0.4, -0.2) is 17.5 Å². The van der Waals surface area contributed by atoms with E-state index < -0.39 is 0 Å². The molecule has 0 spiro atoms. The number of nitriles is 1. The summed E-state index contributed by atoms with van der Waals surface area (Å²) in [7, 11) is 0. The molecule has 2 aromatic rings. The number of hydrogen-bond donors (Lipinski definition) is 1. The molecular formula is C19H21N3O. The summed E-state index contributed by atoms with van der Waals surface area (Å²) >= 11 is 0. The molecule has 0 bridgehead atoms. The van der Waals surface area contributed by atoms with Crippen LogP contribution in [0.2, 0.25) is 0 Å². The number of carbonyl (C=O) groups excluding carboxylic acids is 1. The minimum atomic E-state index is -0.184.